The van der Waals surface area contributed by atoms with Crippen LogP contribution in [0.5, 0.6) is 0 Å². The van der Waals surface area contributed by atoms with Crippen LogP contribution in [0.4, 0.5) is 26.0 Å². The number of aromatic nitrogens is 2. The van der Waals surface area contributed by atoms with Gasteiger partial charge in [0.25, 0.3) is 5.91 Å². The number of carbonyl (C=O) groups is 2. The van der Waals surface area contributed by atoms with E-state index < -0.39 is 32.3 Å². The van der Waals surface area contributed by atoms with Gasteiger partial charge in [-0.15, -0.1) is 0 Å². The molecule has 2 heterocycles. The molecule has 1 aliphatic rings. The van der Waals surface area contributed by atoms with Gasteiger partial charge in [0.15, 0.2) is 5.82 Å². The molecule has 4 N–H and O–H groups in total. The number of halogens is 2. The highest BCUT2D eigenvalue weighted by molar-refractivity contribution is 7.91. The van der Waals surface area contributed by atoms with Gasteiger partial charge in [0.05, 0.1) is 33.1 Å². The van der Waals surface area contributed by atoms with E-state index in [1.54, 1.807) is 25.2 Å². The fraction of sp³-hybridized carbons (Fsp3) is 0.250. The first kappa shape index (κ1) is 29.1. The molecule has 5 rings (SSSR count). The average molecular weight is 598 g/mol. The van der Waals surface area contributed by atoms with Crippen molar-refractivity contribution in [2.45, 2.75) is 9.79 Å². The van der Waals surface area contributed by atoms with Crippen LogP contribution in [-0.4, -0.2) is 82.1 Å². The summed E-state index contributed by atoms with van der Waals surface area (Å²) in [6.07, 6.45) is 0. The lowest BCUT2D eigenvalue weighted by Crippen LogP contribution is -2.44. The van der Waals surface area contributed by atoms with Gasteiger partial charge in [-0.2, -0.15) is 5.10 Å². The van der Waals surface area contributed by atoms with Crippen molar-refractivity contribution >= 4 is 49.7 Å². The second-order valence-corrected chi connectivity index (χ2v) is 11.9. The molecule has 1 aromatic heterocycles. The largest absolute Gasteiger partial charge is 0.369 e. The first-order valence-corrected chi connectivity index (χ1v) is 14.6. The zero-order valence-electron chi connectivity index (χ0n) is 22.9. The third kappa shape index (κ3) is 6.10. The molecular formula is C28H29F2N7O4S. The molecule has 0 aliphatic carbocycles. The van der Waals surface area contributed by atoms with Crippen LogP contribution in [-0.2, 0) is 14.6 Å². The first-order valence-electron chi connectivity index (χ1n) is 13.1. The van der Waals surface area contributed by atoms with Crippen LogP contribution in [0.25, 0.3) is 10.9 Å². The number of hydrogen-bond acceptors (Lipinski definition) is 8. The Bertz CT molecular complexity index is 1750. The zero-order chi connectivity index (χ0) is 30.0. The predicted molar refractivity (Wildman–Crippen MR) is 155 cm³/mol. The number of fused-ring (bicyclic) bond motifs is 1. The van der Waals surface area contributed by atoms with Crippen LogP contribution in [0.2, 0.25) is 0 Å². The number of nitrogens with zero attached hydrogens (tertiary/aromatic N) is 3. The van der Waals surface area contributed by atoms with Gasteiger partial charge >= 0.3 is 0 Å². The number of amides is 2. The Morgan fingerprint density at radius 2 is 1.64 bits per heavy atom. The summed E-state index contributed by atoms with van der Waals surface area (Å²) in [5.41, 5.74) is 1.75. The number of anilines is 3. The summed E-state index contributed by atoms with van der Waals surface area (Å²) in [5.74, 6) is -2.94. The maximum Gasteiger partial charge on any atom is 0.258 e. The Kier molecular flexibility index (Phi) is 8.20. The number of likely N-dealkylation sites (N-methyl/N-ethyl adjacent to an activating group) is 2. The van der Waals surface area contributed by atoms with E-state index in [4.69, 9.17) is 0 Å². The summed E-state index contributed by atoms with van der Waals surface area (Å²) in [4.78, 5) is 29.5. The van der Waals surface area contributed by atoms with Gasteiger partial charge in [0.2, 0.25) is 15.7 Å². The number of H-pyrrole nitrogens is 1. The van der Waals surface area contributed by atoms with Gasteiger partial charge in [-0.3, -0.25) is 14.7 Å². The van der Waals surface area contributed by atoms with Crippen molar-refractivity contribution in [3.63, 3.8) is 0 Å². The van der Waals surface area contributed by atoms with E-state index in [-0.39, 0.29) is 34.1 Å². The van der Waals surface area contributed by atoms with Gasteiger partial charge in [-0.1, -0.05) is 0 Å². The number of aromatic amines is 1. The van der Waals surface area contributed by atoms with E-state index >= 15 is 0 Å². The normalized spacial score (nSPS) is 14.2. The molecule has 3 aromatic carbocycles. The number of piperazine rings is 1. The van der Waals surface area contributed by atoms with Crippen molar-refractivity contribution < 1.29 is 26.8 Å². The Morgan fingerprint density at radius 1 is 0.929 bits per heavy atom. The van der Waals surface area contributed by atoms with E-state index in [0.29, 0.717) is 17.3 Å². The van der Waals surface area contributed by atoms with Crippen molar-refractivity contribution in [2.24, 2.45) is 0 Å². The Labute approximate surface area is 240 Å². The molecule has 0 saturated carbocycles. The molecule has 1 fully saturated rings. The van der Waals surface area contributed by atoms with Crippen LogP contribution < -0.4 is 20.9 Å². The molecule has 0 bridgehead atoms. The second kappa shape index (κ2) is 11.8. The van der Waals surface area contributed by atoms with Crippen LogP contribution >= 0.6 is 0 Å². The quantitative estimate of drug-likeness (QED) is 0.243. The molecule has 0 radical (unpaired) electrons. The molecule has 2 amide bonds. The minimum atomic E-state index is -4.29. The summed E-state index contributed by atoms with van der Waals surface area (Å²) >= 11 is 0. The zero-order valence-corrected chi connectivity index (χ0v) is 23.7. The van der Waals surface area contributed by atoms with E-state index in [2.05, 4.69) is 35.9 Å². The molecule has 11 nitrogen and oxygen atoms in total. The molecular weight excluding hydrogens is 568 g/mol. The Hall–Kier alpha value is -4.40. The van der Waals surface area contributed by atoms with Crippen molar-refractivity contribution in [1.82, 2.24) is 20.4 Å². The molecule has 220 valence electrons. The molecule has 0 unspecified atom stereocenters. The molecule has 14 heteroatoms. The van der Waals surface area contributed by atoms with Crippen molar-refractivity contribution in [2.75, 3.05) is 62.4 Å². The van der Waals surface area contributed by atoms with Crippen LogP contribution in [0.3, 0.4) is 0 Å². The summed E-state index contributed by atoms with van der Waals surface area (Å²) in [5, 5.41) is 15.4. The van der Waals surface area contributed by atoms with Crippen LogP contribution in [0, 0.1) is 11.6 Å². The lowest BCUT2D eigenvalue weighted by atomic mass is 10.1. The lowest BCUT2D eigenvalue weighted by molar-refractivity contribution is -0.115. The summed E-state index contributed by atoms with van der Waals surface area (Å²) in [6.45, 7) is 3.37. The third-order valence-corrected chi connectivity index (χ3v) is 8.68. The maximum atomic E-state index is 13.7. The van der Waals surface area contributed by atoms with E-state index in [1.807, 2.05) is 7.05 Å². The van der Waals surface area contributed by atoms with E-state index in [0.717, 1.165) is 44.0 Å². The van der Waals surface area contributed by atoms with Gasteiger partial charge < -0.3 is 25.8 Å². The molecule has 4 aromatic rings. The smallest absolute Gasteiger partial charge is 0.258 e. The SMILES string of the molecule is CNCC(=O)Nc1cc(N2CCN(C)CC2)ccc1C(=O)Nc1n[nH]c2ccc(S(=O)(=O)c3cc(F)cc(F)c3)cc12. The fourth-order valence-electron chi connectivity index (χ4n) is 4.70. The number of nitrogens with one attached hydrogen (secondary N) is 4. The van der Waals surface area contributed by atoms with Crippen molar-refractivity contribution in [1.29, 1.82) is 0 Å². The van der Waals surface area contributed by atoms with Crippen LogP contribution in [0.15, 0.2) is 64.4 Å². The monoisotopic (exact) mass is 597 g/mol. The highest BCUT2D eigenvalue weighted by Gasteiger charge is 2.23. The van der Waals surface area contributed by atoms with Crippen LogP contribution in [0.1, 0.15) is 10.4 Å². The maximum absolute atomic E-state index is 13.7. The number of hydrogen-bond donors (Lipinski definition) is 4. The van der Waals surface area contributed by atoms with E-state index in [9.17, 15) is 26.8 Å². The Balaban J connectivity index is 1.46. The molecule has 42 heavy (non-hydrogen) atoms. The second-order valence-electron chi connectivity index (χ2n) is 9.94. The summed E-state index contributed by atoms with van der Waals surface area (Å²) in [6, 6.07) is 11.2. The fourth-order valence-corrected chi connectivity index (χ4v) is 6.03. The van der Waals surface area contributed by atoms with E-state index in [1.165, 1.54) is 18.2 Å². The topological polar surface area (TPSA) is 140 Å². The lowest BCUT2D eigenvalue weighted by Gasteiger charge is -2.34. The van der Waals surface area contributed by atoms with Crippen molar-refractivity contribution in [3.05, 3.63) is 71.8 Å². The minimum Gasteiger partial charge on any atom is -0.369 e. The van der Waals surface area contributed by atoms with Crippen molar-refractivity contribution in [3.8, 4) is 0 Å². The third-order valence-electron chi connectivity index (χ3n) is 6.95. The molecule has 0 atom stereocenters. The number of sulfone groups is 1. The van der Waals surface area contributed by atoms with Gasteiger partial charge in [-0.05, 0) is 62.6 Å². The summed E-state index contributed by atoms with van der Waals surface area (Å²) < 4.78 is 53.8. The molecule has 1 saturated heterocycles. The molecule has 0 spiro atoms. The van der Waals surface area contributed by atoms with Gasteiger partial charge in [0.1, 0.15) is 11.6 Å². The number of carbonyl (C=O) groups excluding carboxylic acids is 2. The summed E-state index contributed by atoms with van der Waals surface area (Å²) in [7, 11) is -0.608. The minimum absolute atomic E-state index is 0.0353. The predicted octanol–water partition coefficient (Wildman–Crippen LogP) is 2.84. The van der Waals surface area contributed by atoms with Gasteiger partial charge in [-0.25, -0.2) is 17.2 Å². The molecule has 1 aliphatic heterocycles. The van der Waals surface area contributed by atoms with Gasteiger partial charge in [0, 0.05) is 43.3 Å². The highest BCUT2D eigenvalue weighted by Crippen LogP contribution is 2.30. The first-order chi connectivity index (χ1) is 20.0. The Morgan fingerprint density at radius 3 is 2.33 bits per heavy atom. The standard InChI is InChI=1S/C28H29F2N7O4S/c1-31-16-26(38)32-25-14-19(37-9-7-36(2)8-10-37)3-5-22(25)28(39)33-27-23-15-20(4-6-24(23)34-35-27)42(40,41)21-12-17(29)11-18(30)13-21/h3-6,11-15,31H,7-10,16H2,1-2H3,(H,32,38)(H2,33,34,35,39). The number of benzene rings is 3. The number of rotatable bonds is 8. The highest BCUT2D eigenvalue weighted by atomic mass is 32.2. The average Bonchev–Trinajstić information content (AvgIpc) is 3.34.